The van der Waals surface area contributed by atoms with Gasteiger partial charge < -0.3 is 5.32 Å². The summed E-state index contributed by atoms with van der Waals surface area (Å²) in [5.74, 6) is 0.286. The Hall–Kier alpha value is -2.97. The van der Waals surface area contributed by atoms with Gasteiger partial charge in [0.2, 0.25) is 5.91 Å². The van der Waals surface area contributed by atoms with Crippen molar-refractivity contribution >= 4 is 62.3 Å². The SMILES string of the molecule is Cc1ccc(S(=O)(=O)N(CC(=O)Nc2ccc(CSc3ccccc3)cc2)c2cc(Cl)cc(Cl)c2)cc1. The van der Waals surface area contributed by atoms with Crippen LogP contribution in [0.3, 0.4) is 0 Å². The zero-order chi connectivity index (χ0) is 26.4. The van der Waals surface area contributed by atoms with Gasteiger partial charge in [0.1, 0.15) is 6.54 Å². The molecule has 0 bridgehead atoms. The minimum Gasteiger partial charge on any atom is -0.325 e. The summed E-state index contributed by atoms with van der Waals surface area (Å²) >= 11 is 14.0. The lowest BCUT2D eigenvalue weighted by Crippen LogP contribution is -2.38. The minimum atomic E-state index is -4.08. The van der Waals surface area contributed by atoms with Crippen LogP contribution in [-0.2, 0) is 20.6 Å². The van der Waals surface area contributed by atoms with Crippen LogP contribution in [0.4, 0.5) is 11.4 Å². The van der Waals surface area contributed by atoms with E-state index in [1.165, 1.54) is 35.2 Å². The van der Waals surface area contributed by atoms with Crippen molar-refractivity contribution in [3.8, 4) is 0 Å². The predicted molar refractivity (Wildman–Crippen MR) is 153 cm³/mol. The first-order chi connectivity index (χ1) is 17.7. The summed E-state index contributed by atoms with van der Waals surface area (Å²) in [4.78, 5) is 14.2. The molecule has 0 aliphatic carbocycles. The lowest BCUT2D eigenvalue weighted by atomic mass is 10.2. The van der Waals surface area contributed by atoms with E-state index in [4.69, 9.17) is 23.2 Å². The maximum atomic E-state index is 13.5. The number of carbonyl (C=O) groups excluding carboxylic acids is 1. The number of anilines is 2. The lowest BCUT2D eigenvalue weighted by Gasteiger charge is -2.24. The molecule has 4 aromatic carbocycles. The van der Waals surface area contributed by atoms with E-state index in [1.54, 1.807) is 36.0 Å². The van der Waals surface area contributed by atoms with Crippen LogP contribution in [0.2, 0.25) is 10.0 Å². The first kappa shape index (κ1) is 27.1. The van der Waals surface area contributed by atoms with Gasteiger partial charge in [-0.1, -0.05) is 71.2 Å². The number of thioether (sulfide) groups is 1. The number of nitrogens with one attached hydrogen (secondary N) is 1. The standard InChI is InChI=1S/C28H24Cl2N2O3S2/c1-20-7-13-27(14-8-20)37(34,35)32(25-16-22(29)15-23(30)17-25)18-28(33)31-24-11-9-21(10-12-24)19-36-26-5-3-2-4-6-26/h2-17H,18-19H2,1H3,(H,31,33). The second-order valence-corrected chi connectivity index (χ2v) is 12.1. The summed E-state index contributed by atoms with van der Waals surface area (Å²) < 4.78 is 28.1. The van der Waals surface area contributed by atoms with Crippen LogP contribution in [0.5, 0.6) is 0 Å². The molecule has 0 heterocycles. The number of carbonyl (C=O) groups is 1. The van der Waals surface area contributed by atoms with E-state index in [0.29, 0.717) is 5.69 Å². The van der Waals surface area contributed by atoms with Crippen molar-refractivity contribution in [2.75, 3.05) is 16.2 Å². The van der Waals surface area contributed by atoms with Crippen LogP contribution in [-0.4, -0.2) is 20.9 Å². The molecular weight excluding hydrogens is 547 g/mol. The molecule has 9 heteroatoms. The fraction of sp³-hybridized carbons (Fsp3) is 0.107. The van der Waals surface area contributed by atoms with Gasteiger partial charge in [-0.15, -0.1) is 11.8 Å². The number of rotatable bonds is 9. The predicted octanol–water partition coefficient (Wildman–Crippen LogP) is 7.43. The molecular formula is C28H24Cl2N2O3S2. The third kappa shape index (κ3) is 7.29. The normalized spacial score (nSPS) is 11.2. The molecule has 4 rings (SSSR count). The Kier molecular flexibility index (Phi) is 8.82. The van der Waals surface area contributed by atoms with Crippen LogP contribution in [0.1, 0.15) is 11.1 Å². The van der Waals surface area contributed by atoms with E-state index in [2.05, 4.69) is 17.4 Å². The first-order valence-corrected chi connectivity index (χ1v) is 14.5. The summed E-state index contributed by atoms with van der Waals surface area (Å²) in [6.45, 7) is 1.41. The molecule has 190 valence electrons. The van der Waals surface area contributed by atoms with Gasteiger partial charge in [0.15, 0.2) is 0 Å². The highest BCUT2D eigenvalue weighted by atomic mass is 35.5. The summed E-state index contributed by atoms with van der Waals surface area (Å²) in [7, 11) is -4.08. The van der Waals surface area contributed by atoms with Crippen molar-refractivity contribution in [1.29, 1.82) is 0 Å². The second-order valence-electron chi connectivity index (χ2n) is 8.30. The molecule has 0 unspecified atom stereocenters. The van der Waals surface area contributed by atoms with Gasteiger partial charge in [-0.05, 0) is 67.1 Å². The average Bonchev–Trinajstić information content (AvgIpc) is 2.87. The highest BCUT2D eigenvalue weighted by molar-refractivity contribution is 7.98. The molecule has 0 aliphatic rings. The minimum absolute atomic E-state index is 0.0577. The van der Waals surface area contributed by atoms with Crippen molar-refractivity contribution in [3.05, 3.63) is 118 Å². The smallest absolute Gasteiger partial charge is 0.264 e. The van der Waals surface area contributed by atoms with Gasteiger partial charge in [0.25, 0.3) is 10.0 Å². The van der Waals surface area contributed by atoms with Gasteiger partial charge in [0, 0.05) is 26.4 Å². The maximum absolute atomic E-state index is 13.5. The van der Waals surface area contributed by atoms with Gasteiger partial charge >= 0.3 is 0 Å². The summed E-state index contributed by atoms with van der Waals surface area (Å²) in [5, 5.41) is 3.31. The quantitative estimate of drug-likeness (QED) is 0.212. The molecule has 5 nitrogen and oxygen atoms in total. The van der Waals surface area contributed by atoms with E-state index in [-0.39, 0.29) is 20.6 Å². The third-order valence-electron chi connectivity index (χ3n) is 5.42. The van der Waals surface area contributed by atoms with Crippen LogP contribution in [0.25, 0.3) is 0 Å². The largest absolute Gasteiger partial charge is 0.325 e. The molecule has 37 heavy (non-hydrogen) atoms. The molecule has 0 aliphatic heterocycles. The highest BCUT2D eigenvalue weighted by Crippen LogP contribution is 2.30. The molecule has 0 fully saturated rings. The molecule has 0 radical (unpaired) electrons. The van der Waals surface area contributed by atoms with Gasteiger partial charge in [-0.25, -0.2) is 8.42 Å². The molecule has 0 aromatic heterocycles. The van der Waals surface area contributed by atoms with Crippen molar-refractivity contribution in [3.63, 3.8) is 0 Å². The van der Waals surface area contributed by atoms with E-state index in [1.807, 2.05) is 37.3 Å². The number of hydrogen-bond donors (Lipinski definition) is 1. The van der Waals surface area contributed by atoms with Crippen LogP contribution < -0.4 is 9.62 Å². The fourth-order valence-corrected chi connectivity index (χ4v) is 6.33. The Morgan fingerprint density at radius 3 is 2.11 bits per heavy atom. The number of sulfonamides is 1. The Morgan fingerprint density at radius 1 is 0.865 bits per heavy atom. The Labute approximate surface area is 231 Å². The highest BCUT2D eigenvalue weighted by Gasteiger charge is 2.28. The third-order valence-corrected chi connectivity index (χ3v) is 8.73. The number of benzene rings is 4. The molecule has 4 aromatic rings. The Morgan fingerprint density at radius 2 is 1.49 bits per heavy atom. The summed E-state index contributed by atoms with van der Waals surface area (Å²) in [5.41, 5.74) is 2.78. The van der Waals surface area contributed by atoms with Gasteiger partial charge in [-0.2, -0.15) is 0 Å². The van der Waals surface area contributed by atoms with Gasteiger partial charge in [-0.3, -0.25) is 9.10 Å². The monoisotopic (exact) mass is 570 g/mol. The lowest BCUT2D eigenvalue weighted by molar-refractivity contribution is -0.114. The Bertz CT molecular complexity index is 1460. The summed E-state index contributed by atoms with van der Waals surface area (Å²) in [6, 6.07) is 28.4. The van der Waals surface area contributed by atoms with Crippen LogP contribution >= 0.6 is 35.0 Å². The maximum Gasteiger partial charge on any atom is 0.264 e. The van der Waals surface area contributed by atoms with E-state index in [0.717, 1.165) is 21.2 Å². The first-order valence-electron chi connectivity index (χ1n) is 11.3. The number of hydrogen-bond acceptors (Lipinski definition) is 4. The van der Waals surface area contributed by atoms with Crippen LogP contribution in [0, 0.1) is 6.92 Å². The van der Waals surface area contributed by atoms with Crippen LogP contribution in [0.15, 0.2) is 107 Å². The summed E-state index contributed by atoms with van der Waals surface area (Å²) in [6.07, 6.45) is 0. The molecule has 1 amide bonds. The number of amides is 1. The average molecular weight is 572 g/mol. The van der Waals surface area contributed by atoms with Crippen molar-refractivity contribution in [2.24, 2.45) is 0 Å². The zero-order valence-corrected chi connectivity index (χ0v) is 23.0. The van der Waals surface area contributed by atoms with Crippen molar-refractivity contribution in [2.45, 2.75) is 22.5 Å². The molecule has 0 atom stereocenters. The van der Waals surface area contributed by atoms with Gasteiger partial charge in [0.05, 0.1) is 10.6 Å². The van der Waals surface area contributed by atoms with Crippen molar-refractivity contribution < 1.29 is 13.2 Å². The fourth-order valence-electron chi connectivity index (χ4n) is 3.53. The number of aryl methyl sites for hydroxylation is 1. The van der Waals surface area contributed by atoms with E-state index in [9.17, 15) is 13.2 Å². The molecule has 0 saturated carbocycles. The Balaban J connectivity index is 1.51. The van der Waals surface area contributed by atoms with E-state index < -0.39 is 22.5 Å². The van der Waals surface area contributed by atoms with Crippen molar-refractivity contribution in [1.82, 2.24) is 0 Å². The number of halogens is 2. The molecule has 1 N–H and O–H groups in total. The zero-order valence-electron chi connectivity index (χ0n) is 19.9. The van der Waals surface area contributed by atoms with E-state index >= 15 is 0 Å². The topological polar surface area (TPSA) is 66.5 Å². The number of nitrogens with zero attached hydrogens (tertiary/aromatic N) is 1. The molecule has 0 spiro atoms. The molecule has 0 saturated heterocycles. The second kappa shape index (κ2) is 12.0.